The second-order valence-electron chi connectivity index (χ2n) is 6.81. The zero-order chi connectivity index (χ0) is 18.1. The highest BCUT2D eigenvalue weighted by Crippen LogP contribution is 2.18. The van der Waals surface area contributed by atoms with Crippen molar-refractivity contribution in [3.05, 3.63) is 52.1 Å². The van der Waals surface area contributed by atoms with Gasteiger partial charge in [-0.15, -0.1) is 11.3 Å². The van der Waals surface area contributed by atoms with Crippen molar-refractivity contribution in [2.24, 2.45) is 0 Å². The van der Waals surface area contributed by atoms with Crippen LogP contribution < -0.4 is 5.32 Å². The number of H-pyrrole nitrogens is 1. The maximum absolute atomic E-state index is 12.5. The van der Waals surface area contributed by atoms with Crippen LogP contribution in [0.2, 0.25) is 0 Å². The minimum Gasteiger partial charge on any atom is -0.390 e. The molecule has 1 aliphatic heterocycles. The second-order valence-corrected chi connectivity index (χ2v) is 7.87. The monoisotopic (exact) mass is 370 g/mol. The molecular formula is C19H22N4O2S. The Morgan fingerprint density at radius 2 is 2.35 bits per heavy atom. The lowest BCUT2D eigenvalue weighted by molar-refractivity contribution is 0.0346. The molecule has 1 amide bonds. The number of aryl methyl sites for hydroxylation is 1. The molecule has 0 unspecified atom stereocenters. The number of thiazole rings is 1. The van der Waals surface area contributed by atoms with Gasteiger partial charge in [0, 0.05) is 42.3 Å². The topological polar surface area (TPSA) is 81.2 Å². The van der Waals surface area contributed by atoms with Gasteiger partial charge < -0.3 is 15.4 Å². The Labute approximate surface area is 155 Å². The Balaban J connectivity index is 1.36. The van der Waals surface area contributed by atoms with E-state index < -0.39 is 6.10 Å². The van der Waals surface area contributed by atoms with Crippen LogP contribution in [0.25, 0.3) is 10.9 Å². The summed E-state index contributed by atoms with van der Waals surface area (Å²) in [6.07, 6.45) is 2.00. The van der Waals surface area contributed by atoms with Gasteiger partial charge in [-0.3, -0.25) is 9.69 Å². The molecule has 0 saturated carbocycles. The highest BCUT2D eigenvalue weighted by molar-refractivity contribution is 7.09. The van der Waals surface area contributed by atoms with Gasteiger partial charge in [-0.1, -0.05) is 6.07 Å². The third kappa shape index (κ3) is 3.65. The number of hydrogen-bond acceptors (Lipinski definition) is 5. The number of likely N-dealkylation sites (tertiary alicyclic amines) is 1. The summed E-state index contributed by atoms with van der Waals surface area (Å²) in [7, 11) is 0. The number of aromatic nitrogens is 2. The van der Waals surface area contributed by atoms with Gasteiger partial charge in [0.25, 0.3) is 5.91 Å². The summed E-state index contributed by atoms with van der Waals surface area (Å²) in [6.45, 7) is 4.10. The molecule has 1 saturated heterocycles. The molecule has 2 atom stereocenters. The molecule has 2 aromatic heterocycles. The molecule has 7 heteroatoms. The van der Waals surface area contributed by atoms with Crippen LogP contribution in [0, 0.1) is 6.92 Å². The van der Waals surface area contributed by atoms with Gasteiger partial charge in [0.1, 0.15) is 0 Å². The molecule has 4 rings (SSSR count). The molecule has 6 nitrogen and oxygen atoms in total. The van der Waals surface area contributed by atoms with Crippen LogP contribution in [0.5, 0.6) is 0 Å². The number of benzene rings is 1. The maximum atomic E-state index is 12.5. The van der Waals surface area contributed by atoms with Gasteiger partial charge in [-0.05, 0) is 36.9 Å². The summed E-state index contributed by atoms with van der Waals surface area (Å²) >= 11 is 1.64. The van der Waals surface area contributed by atoms with Crippen molar-refractivity contribution in [2.75, 3.05) is 13.1 Å². The summed E-state index contributed by atoms with van der Waals surface area (Å²) in [5.74, 6) is -0.144. The highest BCUT2D eigenvalue weighted by Gasteiger charge is 2.29. The first-order valence-electron chi connectivity index (χ1n) is 8.78. The Morgan fingerprint density at radius 1 is 1.46 bits per heavy atom. The maximum Gasteiger partial charge on any atom is 0.251 e. The third-order valence-electron chi connectivity index (χ3n) is 4.85. The van der Waals surface area contributed by atoms with Gasteiger partial charge in [0.2, 0.25) is 0 Å². The van der Waals surface area contributed by atoms with Crippen molar-refractivity contribution >= 4 is 28.1 Å². The Kier molecular flexibility index (Phi) is 4.76. The molecule has 0 bridgehead atoms. The van der Waals surface area contributed by atoms with Crippen molar-refractivity contribution in [2.45, 2.75) is 32.0 Å². The largest absolute Gasteiger partial charge is 0.390 e. The number of aromatic amines is 1. The highest BCUT2D eigenvalue weighted by atomic mass is 32.1. The van der Waals surface area contributed by atoms with Crippen LogP contribution in [0.1, 0.15) is 27.5 Å². The summed E-state index contributed by atoms with van der Waals surface area (Å²) in [4.78, 5) is 22.3. The van der Waals surface area contributed by atoms with Crippen molar-refractivity contribution < 1.29 is 9.90 Å². The minimum absolute atomic E-state index is 0.144. The summed E-state index contributed by atoms with van der Waals surface area (Å²) in [6, 6.07) is 7.33. The van der Waals surface area contributed by atoms with E-state index in [0.717, 1.165) is 41.1 Å². The predicted octanol–water partition coefficient (Wildman–Crippen LogP) is 2.30. The molecule has 0 spiro atoms. The van der Waals surface area contributed by atoms with Crippen LogP contribution in [0.15, 0.2) is 35.8 Å². The summed E-state index contributed by atoms with van der Waals surface area (Å²) < 4.78 is 0. The number of β-amino-alcohol motifs (C(OH)–C–C–N with tert-alkyl or cyclic N) is 1. The zero-order valence-electron chi connectivity index (χ0n) is 14.6. The molecule has 1 aliphatic rings. The number of aliphatic hydroxyl groups excluding tert-OH is 1. The van der Waals surface area contributed by atoms with Gasteiger partial charge in [-0.2, -0.15) is 0 Å². The molecule has 1 fully saturated rings. The van der Waals surface area contributed by atoms with E-state index in [2.05, 4.69) is 25.6 Å². The molecule has 0 aliphatic carbocycles. The standard InChI is InChI=1S/C19H22N4O2S/c1-12-21-15(11-26-12)9-23-7-5-16(18(24)10-23)22-19(25)14-3-2-13-4-6-20-17(13)8-14/h2-4,6,8,11,16,18,20,24H,5,7,9-10H2,1H3,(H,22,25)/t16-,18-/m1/s1. The number of hydrogen-bond donors (Lipinski definition) is 3. The van der Waals surface area contributed by atoms with Crippen molar-refractivity contribution in [1.82, 2.24) is 20.2 Å². The SMILES string of the molecule is Cc1nc(CN2CC[C@@H](NC(=O)c3ccc4cc[nH]c4c3)[C@H](O)C2)cs1. The van der Waals surface area contributed by atoms with Gasteiger partial charge in [0.05, 0.1) is 22.8 Å². The molecule has 3 N–H and O–H groups in total. The van der Waals surface area contributed by atoms with E-state index in [0.29, 0.717) is 12.1 Å². The van der Waals surface area contributed by atoms with Crippen molar-refractivity contribution in [1.29, 1.82) is 0 Å². The van der Waals surface area contributed by atoms with Crippen molar-refractivity contribution in [3.63, 3.8) is 0 Å². The average molecular weight is 370 g/mol. The Hall–Kier alpha value is -2.22. The fourth-order valence-electron chi connectivity index (χ4n) is 3.46. The number of piperidine rings is 1. The lowest BCUT2D eigenvalue weighted by Crippen LogP contribution is -2.53. The molecule has 136 valence electrons. The zero-order valence-corrected chi connectivity index (χ0v) is 15.4. The molecule has 3 aromatic rings. The normalized spacial score (nSPS) is 21.2. The summed E-state index contributed by atoms with van der Waals surface area (Å²) in [5.41, 5.74) is 2.58. The molecule has 3 heterocycles. The average Bonchev–Trinajstić information content (AvgIpc) is 3.25. The summed E-state index contributed by atoms with van der Waals surface area (Å²) in [5, 5.41) is 17.7. The fraction of sp³-hybridized carbons (Fsp3) is 0.368. The fourth-order valence-corrected chi connectivity index (χ4v) is 4.06. The number of fused-ring (bicyclic) bond motifs is 1. The van der Waals surface area contributed by atoms with Crippen LogP contribution in [0.3, 0.4) is 0 Å². The van der Waals surface area contributed by atoms with E-state index in [1.807, 2.05) is 37.4 Å². The first kappa shape index (κ1) is 17.2. The number of rotatable bonds is 4. The molecule has 0 radical (unpaired) electrons. The van der Waals surface area contributed by atoms with Crippen molar-refractivity contribution in [3.8, 4) is 0 Å². The number of carbonyl (C=O) groups is 1. The van der Waals surface area contributed by atoms with E-state index in [9.17, 15) is 9.90 Å². The predicted molar refractivity (Wildman–Crippen MR) is 102 cm³/mol. The number of nitrogens with zero attached hydrogens (tertiary/aromatic N) is 2. The lowest BCUT2D eigenvalue weighted by atomic mass is 10.0. The van der Waals surface area contributed by atoms with E-state index in [4.69, 9.17) is 0 Å². The van der Waals surface area contributed by atoms with Gasteiger partial charge in [0.15, 0.2) is 0 Å². The molecule has 26 heavy (non-hydrogen) atoms. The minimum atomic E-state index is -0.582. The second kappa shape index (κ2) is 7.19. The Morgan fingerprint density at radius 3 is 3.12 bits per heavy atom. The first-order valence-corrected chi connectivity index (χ1v) is 9.66. The van der Waals surface area contributed by atoms with E-state index in [1.54, 1.807) is 11.3 Å². The molecule has 1 aromatic carbocycles. The van der Waals surface area contributed by atoms with Gasteiger partial charge >= 0.3 is 0 Å². The number of carbonyl (C=O) groups excluding carboxylic acids is 1. The van der Waals surface area contributed by atoms with Crippen LogP contribution in [-0.4, -0.2) is 51.1 Å². The third-order valence-corrected chi connectivity index (χ3v) is 5.67. The van der Waals surface area contributed by atoms with Crippen LogP contribution in [-0.2, 0) is 6.54 Å². The lowest BCUT2D eigenvalue weighted by Gasteiger charge is -2.35. The van der Waals surface area contributed by atoms with Gasteiger partial charge in [-0.25, -0.2) is 4.98 Å². The van der Waals surface area contributed by atoms with Crippen LogP contribution >= 0.6 is 11.3 Å². The van der Waals surface area contributed by atoms with E-state index in [1.165, 1.54) is 0 Å². The smallest absolute Gasteiger partial charge is 0.251 e. The quantitative estimate of drug-likeness (QED) is 0.658. The number of amides is 1. The molecular weight excluding hydrogens is 348 g/mol. The van der Waals surface area contributed by atoms with E-state index in [-0.39, 0.29) is 11.9 Å². The first-order chi connectivity index (χ1) is 12.6. The number of aliphatic hydroxyl groups is 1. The van der Waals surface area contributed by atoms with Crippen LogP contribution in [0.4, 0.5) is 0 Å². The number of nitrogens with one attached hydrogen (secondary N) is 2. The van der Waals surface area contributed by atoms with E-state index >= 15 is 0 Å². The Bertz CT molecular complexity index is 919.